The molecule has 1 aromatic rings. The van der Waals surface area contributed by atoms with Crippen LogP contribution in [-0.2, 0) is 16.0 Å². The van der Waals surface area contributed by atoms with Gasteiger partial charge >= 0.3 is 5.97 Å². The van der Waals surface area contributed by atoms with Crippen molar-refractivity contribution in [3.63, 3.8) is 0 Å². The zero-order chi connectivity index (χ0) is 14.9. The number of aliphatic carboxylic acids is 1. The Morgan fingerprint density at radius 3 is 2.77 bits per heavy atom. The summed E-state index contributed by atoms with van der Waals surface area (Å²) in [4.78, 5) is 27.2. The number of hydrogen-bond donors (Lipinski definition) is 3. The number of carbonyl (C=O) groups is 2. The van der Waals surface area contributed by atoms with Crippen molar-refractivity contribution in [2.45, 2.75) is 19.3 Å². The van der Waals surface area contributed by atoms with Crippen molar-refractivity contribution < 1.29 is 14.7 Å². The molecule has 0 radical (unpaired) electrons. The van der Waals surface area contributed by atoms with Gasteiger partial charge in [-0.15, -0.1) is 12.4 Å². The number of carboxylic acid groups (broad SMARTS) is 1. The summed E-state index contributed by atoms with van der Waals surface area (Å²) in [6, 6.07) is 1.91. The van der Waals surface area contributed by atoms with Gasteiger partial charge in [-0.3, -0.25) is 4.79 Å². The molecule has 22 heavy (non-hydrogen) atoms. The summed E-state index contributed by atoms with van der Waals surface area (Å²) >= 11 is 0. The molecule has 0 aromatic carbocycles. The average molecular weight is 324 g/mol. The molecule has 1 fully saturated rings. The van der Waals surface area contributed by atoms with Gasteiger partial charge in [0.1, 0.15) is 5.82 Å². The molecule has 3 rings (SSSR count). The fraction of sp³-hybridized carbons (Fsp3) is 0.400. The molecule has 1 saturated heterocycles. The third-order valence-corrected chi connectivity index (χ3v) is 4.21. The summed E-state index contributed by atoms with van der Waals surface area (Å²) in [6.45, 7) is 1.68. The second-order valence-electron chi connectivity index (χ2n) is 5.61. The molecule has 0 saturated carbocycles. The minimum absolute atomic E-state index is 0. The Labute approximate surface area is 134 Å². The fourth-order valence-electron chi connectivity index (χ4n) is 3.03. The van der Waals surface area contributed by atoms with Crippen LogP contribution in [0.1, 0.15) is 24.0 Å². The molecule has 118 valence electrons. The molecule has 7 heteroatoms. The normalized spacial score (nSPS) is 19.4. The number of aromatic nitrogens is 1. The largest absolute Gasteiger partial charge is 0.478 e. The minimum Gasteiger partial charge on any atom is -0.478 e. The molecule has 3 heterocycles. The van der Waals surface area contributed by atoms with Gasteiger partial charge in [0.05, 0.1) is 5.41 Å². The average Bonchev–Trinajstić information content (AvgIpc) is 2.47. The summed E-state index contributed by atoms with van der Waals surface area (Å²) in [7, 11) is 0. The number of fused-ring (bicyclic) bond motifs is 1. The highest BCUT2D eigenvalue weighted by Gasteiger charge is 2.43. The van der Waals surface area contributed by atoms with E-state index in [2.05, 4.69) is 15.6 Å². The van der Waals surface area contributed by atoms with Crippen LogP contribution in [0, 0.1) is 5.41 Å². The van der Waals surface area contributed by atoms with Gasteiger partial charge < -0.3 is 15.7 Å². The predicted octanol–water partition coefficient (Wildman–Crippen LogP) is 1.47. The smallest absolute Gasteiger partial charge is 0.328 e. The number of carbonyl (C=O) groups excluding carboxylic acids is 1. The Morgan fingerprint density at radius 1 is 1.36 bits per heavy atom. The summed E-state index contributed by atoms with van der Waals surface area (Å²) in [5.41, 5.74) is 1.36. The van der Waals surface area contributed by atoms with Crippen molar-refractivity contribution >= 4 is 36.2 Å². The Hall–Kier alpha value is -1.92. The highest BCUT2D eigenvalue weighted by molar-refractivity contribution is 5.97. The van der Waals surface area contributed by atoms with Crippen molar-refractivity contribution in [3.05, 3.63) is 29.5 Å². The van der Waals surface area contributed by atoms with Crippen molar-refractivity contribution in [2.75, 3.05) is 18.4 Å². The molecule has 3 N–H and O–H groups in total. The van der Waals surface area contributed by atoms with Gasteiger partial charge in [0.2, 0.25) is 5.91 Å². The van der Waals surface area contributed by atoms with Gasteiger partial charge in [-0.25, -0.2) is 9.78 Å². The molecule has 1 spiro atoms. The Morgan fingerprint density at radius 2 is 2.09 bits per heavy atom. The van der Waals surface area contributed by atoms with E-state index in [1.165, 1.54) is 6.08 Å². The van der Waals surface area contributed by atoms with Crippen LogP contribution in [0.15, 0.2) is 18.3 Å². The molecule has 0 unspecified atom stereocenters. The number of nitrogens with zero attached hydrogens (tertiary/aromatic N) is 1. The van der Waals surface area contributed by atoms with Crippen LogP contribution in [0.4, 0.5) is 5.82 Å². The number of anilines is 1. The number of halogens is 1. The molecular formula is C15H18ClN3O3. The van der Waals surface area contributed by atoms with Crippen LogP contribution in [0.2, 0.25) is 0 Å². The summed E-state index contributed by atoms with van der Waals surface area (Å²) in [5.74, 6) is -0.342. The van der Waals surface area contributed by atoms with Gasteiger partial charge in [-0.2, -0.15) is 0 Å². The van der Waals surface area contributed by atoms with Crippen LogP contribution in [0.25, 0.3) is 6.08 Å². The molecule has 0 aliphatic carbocycles. The monoisotopic (exact) mass is 323 g/mol. The number of piperidine rings is 1. The van der Waals surface area contributed by atoms with Gasteiger partial charge in [0, 0.05) is 12.3 Å². The van der Waals surface area contributed by atoms with E-state index in [1.807, 2.05) is 6.07 Å². The van der Waals surface area contributed by atoms with E-state index in [4.69, 9.17) is 5.11 Å². The lowest BCUT2D eigenvalue weighted by molar-refractivity contribution is -0.131. The van der Waals surface area contributed by atoms with Gasteiger partial charge in [0.15, 0.2) is 0 Å². The Bertz CT molecular complexity index is 624. The third-order valence-electron chi connectivity index (χ3n) is 4.21. The predicted molar refractivity (Wildman–Crippen MR) is 85.0 cm³/mol. The Kier molecular flexibility index (Phi) is 4.83. The van der Waals surface area contributed by atoms with Crippen molar-refractivity contribution in [1.82, 2.24) is 10.3 Å². The standard InChI is InChI=1S/C15H17N3O3.ClH/c19-12(20)2-1-10-7-11-8-15(3-5-16-6-4-15)14(21)18-13(11)17-9-10;/h1-2,7,9,16H,3-6,8H2,(H,19,20)(H,17,18,21);1H. The van der Waals surface area contributed by atoms with Crippen LogP contribution in [-0.4, -0.2) is 35.1 Å². The lowest BCUT2D eigenvalue weighted by Crippen LogP contribution is -2.48. The van der Waals surface area contributed by atoms with Gasteiger partial charge in [-0.1, -0.05) is 0 Å². The summed E-state index contributed by atoms with van der Waals surface area (Å²) in [6.07, 6.45) is 6.46. The molecule has 1 aromatic heterocycles. The number of pyridine rings is 1. The SMILES string of the molecule is Cl.O=C(O)C=Cc1cnc2c(c1)CC1(CCNCC1)C(=O)N2. The van der Waals surface area contributed by atoms with Crippen LogP contribution in [0.5, 0.6) is 0 Å². The summed E-state index contributed by atoms with van der Waals surface area (Å²) in [5, 5.41) is 14.8. The molecule has 2 aliphatic rings. The first kappa shape index (κ1) is 16.5. The van der Waals surface area contributed by atoms with Gasteiger partial charge in [-0.05, 0) is 55.6 Å². The second-order valence-corrected chi connectivity index (χ2v) is 5.61. The quantitative estimate of drug-likeness (QED) is 0.717. The first-order chi connectivity index (χ1) is 10.1. The van der Waals surface area contributed by atoms with E-state index < -0.39 is 5.97 Å². The van der Waals surface area contributed by atoms with E-state index >= 15 is 0 Å². The summed E-state index contributed by atoms with van der Waals surface area (Å²) < 4.78 is 0. The molecule has 1 amide bonds. The maximum absolute atomic E-state index is 12.4. The number of rotatable bonds is 2. The molecule has 2 aliphatic heterocycles. The number of hydrogen-bond acceptors (Lipinski definition) is 4. The highest BCUT2D eigenvalue weighted by Crippen LogP contribution is 2.39. The number of nitrogens with one attached hydrogen (secondary N) is 2. The minimum atomic E-state index is -0.990. The molecule has 6 nitrogen and oxygen atoms in total. The topological polar surface area (TPSA) is 91.3 Å². The zero-order valence-corrected chi connectivity index (χ0v) is 12.8. The van der Waals surface area contributed by atoms with E-state index in [1.54, 1.807) is 6.20 Å². The van der Waals surface area contributed by atoms with Crippen molar-refractivity contribution in [3.8, 4) is 0 Å². The Balaban J connectivity index is 0.00000176. The van der Waals surface area contributed by atoms with E-state index in [-0.39, 0.29) is 23.7 Å². The molecule has 0 bridgehead atoms. The molecular weight excluding hydrogens is 306 g/mol. The first-order valence-corrected chi connectivity index (χ1v) is 7.01. The van der Waals surface area contributed by atoms with Gasteiger partial charge in [0.25, 0.3) is 0 Å². The van der Waals surface area contributed by atoms with Crippen LogP contribution >= 0.6 is 12.4 Å². The highest BCUT2D eigenvalue weighted by atomic mass is 35.5. The third kappa shape index (κ3) is 3.13. The maximum Gasteiger partial charge on any atom is 0.328 e. The lowest BCUT2D eigenvalue weighted by Gasteiger charge is -2.39. The molecule has 0 atom stereocenters. The number of carboxylic acids is 1. The maximum atomic E-state index is 12.4. The zero-order valence-electron chi connectivity index (χ0n) is 12.0. The van der Waals surface area contributed by atoms with E-state index in [0.717, 1.165) is 43.1 Å². The van der Waals surface area contributed by atoms with Crippen LogP contribution < -0.4 is 10.6 Å². The number of amides is 1. The van der Waals surface area contributed by atoms with E-state index in [9.17, 15) is 9.59 Å². The first-order valence-electron chi connectivity index (χ1n) is 7.01. The van der Waals surface area contributed by atoms with Crippen molar-refractivity contribution in [2.24, 2.45) is 5.41 Å². The van der Waals surface area contributed by atoms with E-state index in [0.29, 0.717) is 12.2 Å². The van der Waals surface area contributed by atoms with Crippen LogP contribution in [0.3, 0.4) is 0 Å². The second kappa shape index (κ2) is 6.46. The van der Waals surface area contributed by atoms with Crippen molar-refractivity contribution in [1.29, 1.82) is 0 Å². The fourth-order valence-corrected chi connectivity index (χ4v) is 3.03. The lowest BCUT2D eigenvalue weighted by atomic mass is 9.71.